The van der Waals surface area contributed by atoms with Gasteiger partial charge in [0.1, 0.15) is 5.75 Å². The maximum Gasteiger partial charge on any atom is 0.335 e. The number of halogens is 1. The number of carboxylic acid groups (broad SMARTS) is 1. The zero-order valence-electron chi connectivity index (χ0n) is 19.2. The number of aromatic nitrogens is 3. The molecule has 0 spiro atoms. The summed E-state index contributed by atoms with van der Waals surface area (Å²) in [7, 11) is 1.72. The fourth-order valence-electron chi connectivity index (χ4n) is 5.12. The molecule has 3 heterocycles. The number of likely N-dealkylation sites (tertiary alicyclic amines) is 1. The van der Waals surface area contributed by atoms with Crippen molar-refractivity contribution in [2.75, 3.05) is 13.7 Å². The molecule has 1 aliphatic rings. The highest BCUT2D eigenvalue weighted by Crippen LogP contribution is 2.40. The van der Waals surface area contributed by atoms with Crippen molar-refractivity contribution in [1.29, 1.82) is 0 Å². The zero-order valence-corrected chi connectivity index (χ0v) is 20.7. The van der Waals surface area contributed by atoms with E-state index in [-0.39, 0.29) is 12.1 Å². The van der Waals surface area contributed by atoms with Crippen molar-refractivity contribution in [1.82, 2.24) is 19.7 Å². The topological polar surface area (TPSA) is 83.4 Å². The van der Waals surface area contributed by atoms with E-state index in [1.54, 1.807) is 19.2 Å². The van der Waals surface area contributed by atoms with E-state index in [9.17, 15) is 9.90 Å². The smallest absolute Gasteiger partial charge is 0.335 e. The predicted octanol–water partition coefficient (Wildman–Crippen LogP) is 5.72. The minimum Gasteiger partial charge on any atom is -0.496 e. The van der Waals surface area contributed by atoms with Gasteiger partial charge in [-0.1, -0.05) is 12.1 Å². The van der Waals surface area contributed by atoms with E-state index >= 15 is 0 Å². The summed E-state index contributed by atoms with van der Waals surface area (Å²) in [6, 6.07) is 11.9. The number of methoxy groups -OCH3 is 1. The molecule has 1 fully saturated rings. The summed E-state index contributed by atoms with van der Waals surface area (Å²) in [6.07, 6.45) is 7.68. The van der Waals surface area contributed by atoms with E-state index in [1.807, 2.05) is 35.4 Å². The number of carbonyl (C=O) groups is 1. The number of nitrogens with one attached hydrogen (secondary N) is 1. The third-order valence-corrected chi connectivity index (χ3v) is 7.27. The van der Waals surface area contributed by atoms with Gasteiger partial charge in [0, 0.05) is 48.0 Å². The largest absolute Gasteiger partial charge is 0.496 e. The van der Waals surface area contributed by atoms with Crippen LogP contribution in [-0.4, -0.2) is 44.4 Å². The van der Waals surface area contributed by atoms with E-state index in [0.717, 1.165) is 58.4 Å². The molecule has 0 amide bonds. The lowest BCUT2D eigenvalue weighted by atomic mass is 9.90. The summed E-state index contributed by atoms with van der Waals surface area (Å²) in [5.41, 5.74) is 4.86. The Morgan fingerprint density at radius 2 is 2.09 bits per heavy atom. The fourth-order valence-corrected chi connectivity index (χ4v) is 5.42. The maximum absolute atomic E-state index is 11.4. The molecule has 1 aliphatic heterocycles. The molecule has 2 aromatic carbocycles. The second kappa shape index (κ2) is 9.27. The first kappa shape index (κ1) is 22.7. The van der Waals surface area contributed by atoms with Crippen molar-refractivity contribution in [2.45, 2.75) is 38.4 Å². The number of ether oxygens (including phenoxy) is 1. The van der Waals surface area contributed by atoms with E-state index in [1.165, 1.54) is 5.39 Å². The summed E-state index contributed by atoms with van der Waals surface area (Å²) in [4.78, 5) is 17.2. The van der Waals surface area contributed by atoms with Crippen LogP contribution in [-0.2, 0) is 6.54 Å². The van der Waals surface area contributed by atoms with Crippen LogP contribution in [0.4, 0.5) is 0 Å². The van der Waals surface area contributed by atoms with Crippen molar-refractivity contribution in [3.05, 3.63) is 81.7 Å². The summed E-state index contributed by atoms with van der Waals surface area (Å²) in [5, 5.41) is 15.1. The number of hydrogen-bond acceptors (Lipinski definition) is 4. The van der Waals surface area contributed by atoms with E-state index in [2.05, 4.69) is 50.0 Å². The van der Waals surface area contributed by atoms with Gasteiger partial charge in [-0.05, 0) is 71.1 Å². The quantitative estimate of drug-likeness (QED) is 0.338. The van der Waals surface area contributed by atoms with Crippen LogP contribution < -0.4 is 4.74 Å². The molecule has 5 rings (SSSR count). The van der Waals surface area contributed by atoms with Gasteiger partial charge in [-0.2, -0.15) is 5.10 Å². The van der Waals surface area contributed by atoms with Crippen LogP contribution in [0.1, 0.15) is 52.0 Å². The van der Waals surface area contributed by atoms with Crippen molar-refractivity contribution in [3.8, 4) is 5.75 Å². The van der Waals surface area contributed by atoms with Crippen LogP contribution in [0.25, 0.3) is 10.9 Å². The van der Waals surface area contributed by atoms with Crippen LogP contribution in [0.5, 0.6) is 5.75 Å². The molecule has 2 unspecified atom stereocenters. The van der Waals surface area contributed by atoms with Gasteiger partial charge in [-0.25, -0.2) is 4.79 Å². The number of nitrogens with zero attached hydrogens (tertiary/aromatic N) is 3. The first-order valence-corrected chi connectivity index (χ1v) is 12.1. The molecule has 0 aliphatic carbocycles. The van der Waals surface area contributed by atoms with Crippen LogP contribution in [0, 0.1) is 6.92 Å². The Morgan fingerprint density at radius 3 is 2.76 bits per heavy atom. The number of aromatic carboxylic acids is 1. The minimum atomic E-state index is -0.912. The number of aromatic amines is 1. The average molecular weight is 523 g/mol. The standard InChI is InChI=1S/C26H27BrN4O3/c1-16-11-24(34-2)22(21-7-9-28-25(16)21)15-30-10-8-20(31-14-19(27)13-29-31)12-23(30)17-3-5-18(6-4-17)26(32)33/h3-7,9,11,13-14,20,23,28H,8,10,12,15H2,1-2H3,(H,32,33). The average Bonchev–Trinajstić information content (AvgIpc) is 3.51. The summed E-state index contributed by atoms with van der Waals surface area (Å²) < 4.78 is 8.80. The monoisotopic (exact) mass is 522 g/mol. The van der Waals surface area contributed by atoms with Crippen LogP contribution in [0.15, 0.2) is 59.5 Å². The highest BCUT2D eigenvalue weighted by atomic mass is 79.9. The van der Waals surface area contributed by atoms with Gasteiger partial charge in [-0.3, -0.25) is 9.58 Å². The van der Waals surface area contributed by atoms with Crippen molar-refractivity contribution < 1.29 is 14.6 Å². The molecule has 2 atom stereocenters. The van der Waals surface area contributed by atoms with Crippen LogP contribution in [0.3, 0.4) is 0 Å². The first-order valence-electron chi connectivity index (χ1n) is 11.3. The molecular formula is C26H27BrN4O3. The van der Waals surface area contributed by atoms with Gasteiger partial charge in [0.15, 0.2) is 0 Å². The van der Waals surface area contributed by atoms with Crippen molar-refractivity contribution in [2.24, 2.45) is 0 Å². The molecule has 0 saturated carbocycles. The van der Waals surface area contributed by atoms with Gasteiger partial charge in [0.05, 0.1) is 29.4 Å². The predicted molar refractivity (Wildman–Crippen MR) is 134 cm³/mol. The van der Waals surface area contributed by atoms with Crippen LogP contribution >= 0.6 is 15.9 Å². The van der Waals surface area contributed by atoms with Gasteiger partial charge < -0.3 is 14.8 Å². The maximum atomic E-state index is 11.4. The molecule has 7 nitrogen and oxygen atoms in total. The number of fused-ring (bicyclic) bond motifs is 1. The molecule has 0 radical (unpaired) electrons. The summed E-state index contributed by atoms with van der Waals surface area (Å²) >= 11 is 3.51. The Balaban J connectivity index is 1.51. The second-order valence-electron chi connectivity index (χ2n) is 8.87. The number of hydrogen-bond donors (Lipinski definition) is 2. The Labute approximate surface area is 206 Å². The highest BCUT2D eigenvalue weighted by Gasteiger charge is 2.32. The molecule has 8 heteroatoms. The van der Waals surface area contributed by atoms with E-state index < -0.39 is 5.97 Å². The Morgan fingerprint density at radius 1 is 1.29 bits per heavy atom. The number of piperidine rings is 1. The molecule has 176 valence electrons. The molecular weight excluding hydrogens is 496 g/mol. The van der Waals surface area contributed by atoms with Crippen molar-refractivity contribution in [3.63, 3.8) is 0 Å². The fraction of sp³-hybridized carbons (Fsp3) is 0.308. The van der Waals surface area contributed by atoms with Crippen LogP contribution in [0.2, 0.25) is 0 Å². The number of aryl methyl sites for hydroxylation is 1. The molecule has 2 N–H and O–H groups in total. The number of benzene rings is 2. The lowest BCUT2D eigenvalue weighted by Gasteiger charge is -2.40. The molecule has 4 aromatic rings. The van der Waals surface area contributed by atoms with Gasteiger partial charge in [-0.15, -0.1) is 0 Å². The third kappa shape index (κ3) is 4.23. The normalized spacial score (nSPS) is 18.9. The third-order valence-electron chi connectivity index (χ3n) is 6.86. The van der Waals surface area contributed by atoms with Gasteiger partial charge in [0.2, 0.25) is 0 Å². The van der Waals surface area contributed by atoms with E-state index in [0.29, 0.717) is 5.56 Å². The number of carboxylic acids is 1. The molecule has 34 heavy (non-hydrogen) atoms. The lowest BCUT2D eigenvalue weighted by molar-refractivity contribution is 0.0696. The van der Waals surface area contributed by atoms with E-state index in [4.69, 9.17) is 4.74 Å². The number of rotatable bonds is 6. The summed E-state index contributed by atoms with van der Waals surface area (Å²) in [6.45, 7) is 3.71. The highest BCUT2D eigenvalue weighted by molar-refractivity contribution is 9.10. The van der Waals surface area contributed by atoms with Gasteiger partial charge >= 0.3 is 5.97 Å². The molecule has 0 bridgehead atoms. The zero-order chi connectivity index (χ0) is 23.8. The Kier molecular flexibility index (Phi) is 6.18. The second-order valence-corrected chi connectivity index (χ2v) is 9.79. The Hall–Kier alpha value is -3.10. The Bertz CT molecular complexity index is 1330. The summed E-state index contributed by atoms with van der Waals surface area (Å²) in [5.74, 6) is -0.0201. The molecule has 2 aromatic heterocycles. The molecule has 1 saturated heterocycles. The SMILES string of the molecule is COc1cc(C)c2[nH]ccc2c1CN1CCC(n2cc(Br)cn2)CC1c1ccc(C(=O)O)cc1. The minimum absolute atomic E-state index is 0.115. The first-order chi connectivity index (χ1) is 16.4. The van der Waals surface area contributed by atoms with Crippen molar-refractivity contribution >= 4 is 32.8 Å². The lowest BCUT2D eigenvalue weighted by Crippen LogP contribution is -2.37. The van der Waals surface area contributed by atoms with Gasteiger partial charge in [0.25, 0.3) is 0 Å². The number of H-pyrrole nitrogens is 1.